The summed E-state index contributed by atoms with van der Waals surface area (Å²) >= 11 is 0. The SMILES string of the molecule is N=C(OC(=O)O)[C@H](CC(=O)OC(=O)O)C1CCCO1. The van der Waals surface area contributed by atoms with Crippen LogP contribution in [0.5, 0.6) is 0 Å². The predicted molar refractivity (Wildman–Crippen MR) is 58.0 cm³/mol. The summed E-state index contributed by atoms with van der Waals surface area (Å²) in [6.45, 7) is 0.426. The topological polar surface area (TPSA) is 143 Å². The molecule has 0 radical (unpaired) electrons. The van der Waals surface area contributed by atoms with Crippen LogP contribution in [0.2, 0.25) is 0 Å². The Morgan fingerprint density at radius 1 is 1.26 bits per heavy atom. The molecule has 0 spiro atoms. The lowest BCUT2D eigenvalue weighted by molar-refractivity contribution is -0.140. The highest BCUT2D eigenvalue weighted by atomic mass is 16.7. The summed E-state index contributed by atoms with van der Waals surface area (Å²) in [4.78, 5) is 31.8. The largest absolute Gasteiger partial charge is 0.513 e. The van der Waals surface area contributed by atoms with E-state index in [1.807, 2.05) is 0 Å². The zero-order valence-corrected chi connectivity index (χ0v) is 9.83. The molecule has 1 saturated heterocycles. The van der Waals surface area contributed by atoms with E-state index in [9.17, 15) is 14.4 Å². The van der Waals surface area contributed by atoms with E-state index in [-0.39, 0.29) is 0 Å². The van der Waals surface area contributed by atoms with Crippen LogP contribution >= 0.6 is 0 Å². The average Bonchev–Trinajstić information content (AvgIpc) is 2.76. The first-order valence-corrected chi connectivity index (χ1v) is 5.44. The number of nitrogens with one attached hydrogen (secondary N) is 1. The molecule has 0 amide bonds. The second-order valence-electron chi connectivity index (χ2n) is 3.83. The molecule has 0 aromatic rings. The molecule has 0 bridgehead atoms. The van der Waals surface area contributed by atoms with E-state index in [1.165, 1.54) is 0 Å². The van der Waals surface area contributed by atoms with Crippen LogP contribution < -0.4 is 0 Å². The van der Waals surface area contributed by atoms with Gasteiger partial charge in [-0.2, -0.15) is 0 Å². The van der Waals surface area contributed by atoms with Crippen molar-refractivity contribution >= 4 is 24.2 Å². The Bertz CT molecular complexity index is 387. The maximum Gasteiger partial charge on any atom is 0.513 e. The second-order valence-corrected chi connectivity index (χ2v) is 3.83. The van der Waals surface area contributed by atoms with Crippen LogP contribution in [0, 0.1) is 11.3 Å². The molecule has 9 nitrogen and oxygen atoms in total. The molecule has 3 N–H and O–H groups in total. The molecular weight excluding hydrogens is 262 g/mol. The minimum absolute atomic E-state index is 0.426. The number of carbonyl (C=O) groups is 3. The molecular formula is C10H13NO8. The van der Waals surface area contributed by atoms with Crippen LogP contribution in [0.4, 0.5) is 9.59 Å². The lowest BCUT2D eigenvalue weighted by Crippen LogP contribution is -2.33. The van der Waals surface area contributed by atoms with Gasteiger partial charge in [-0.1, -0.05) is 0 Å². The Kier molecular flexibility index (Phi) is 5.24. The summed E-state index contributed by atoms with van der Waals surface area (Å²) in [6.07, 6.45) is -3.27. The van der Waals surface area contributed by atoms with Gasteiger partial charge in [0.25, 0.3) is 0 Å². The number of rotatable bonds is 4. The van der Waals surface area contributed by atoms with E-state index in [1.54, 1.807) is 0 Å². The smallest absolute Gasteiger partial charge is 0.449 e. The van der Waals surface area contributed by atoms with Crippen molar-refractivity contribution in [2.24, 2.45) is 5.92 Å². The lowest BCUT2D eigenvalue weighted by Gasteiger charge is -2.20. The summed E-state index contributed by atoms with van der Waals surface area (Å²) in [6, 6.07) is 0. The van der Waals surface area contributed by atoms with Gasteiger partial charge in [0.1, 0.15) is 0 Å². The molecule has 106 valence electrons. The quantitative estimate of drug-likeness (QED) is 0.299. The molecule has 1 unspecified atom stereocenters. The summed E-state index contributed by atoms with van der Waals surface area (Å²) in [5.41, 5.74) is 0. The zero-order valence-electron chi connectivity index (χ0n) is 9.83. The van der Waals surface area contributed by atoms with Gasteiger partial charge in [-0.05, 0) is 12.8 Å². The predicted octanol–water partition coefficient (Wildman–Crippen LogP) is 1.06. The fraction of sp³-hybridized carbons (Fsp3) is 0.600. The van der Waals surface area contributed by atoms with Crippen molar-refractivity contribution < 1.29 is 38.8 Å². The second kappa shape index (κ2) is 6.69. The van der Waals surface area contributed by atoms with Crippen LogP contribution in [0.25, 0.3) is 0 Å². The van der Waals surface area contributed by atoms with Crippen molar-refractivity contribution in [2.75, 3.05) is 6.61 Å². The van der Waals surface area contributed by atoms with Gasteiger partial charge in [0.15, 0.2) is 0 Å². The Morgan fingerprint density at radius 3 is 2.37 bits per heavy atom. The molecule has 0 saturated carbocycles. The third-order valence-corrected chi connectivity index (χ3v) is 2.54. The van der Waals surface area contributed by atoms with E-state index >= 15 is 0 Å². The van der Waals surface area contributed by atoms with Crippen LogP contribution in [0.1, 0.15) is 19.3 Å². The van der Waals surface area contributed by atoms with Crippen molar-refractivity contribution in [2.45, 2.75) is 25.4 Å². The van der Waals surface area contributed by atoms with Crippen molar-refractivity contribution in [3.05, 3.63) is 0 Å². The molecule has 2 atom stereocenters. The average molecular weight is 275 g/mol. The molecule has 0 aliphatic carbocycles. The number of hydrogen-bond donors (Lipinski definition) is 3. The van der Waals surface area contributed by atoms with E-state index < -0.39 is 42.6 Å². The monoisotopic (exact) mass is 275 g/mol. The van der Waals surface area contributed by atoms with E-state index in [0.29, 0.717) is 19.4 Å². The van der Waals surface area contributed by atoms with E-state index in [0.717, 1.165) is 0 Å². The van der Waals surface area contributed by atoms with Gasteiger partial charge in [-0.25, -0.2) is 9.59 Å². The summed E-state index contributed by atoms with van der Waals surface area (Å²) in [5, 5.41) is 24.2. The highest BCUT2D eigenvalue weighted by Crippen LogP contribution is 2.25. The highest BCUT2D eigenvalue weighted by molar-refractivity contribution is 5.89. The zero-order chi connectivity index (χ0) is 14.4. The van der Waals surface area contributed by atoms with E-state index in [2.05, 4.69) is 9.47 Å². The van der Waals surface area contributed by atoms with Crippen LogP contribution in [0.15, 0.2) is 0 Å². The third-order valence-electron chi connectivity index (χ3n) is 2.54. The van der Waals surface area contributed by atoms with E-state index in [4.69, 9.17) is 20.4 Å². The Morgan fingerprint density at radius 2 is 1.89 bits per heavy atom. The molecule has 1 aliphatic heterocycles. The summed E-state index contributed by atoms with van der Waals surface area (Å²) in [5.74, 6) is -2.74. The fourth-order valence-electron chi connectivity index (χ4n) is 1.80. The summed E-state index contributed by atoms with van der Waals surface area (Å²) < 4.78 is 13.4. The first-order valence-electron chi connectivity index (χ1n) is 5.44. The Balaban J connectivity index is 2.68. The normalized spacial score (nSPS) is 19.5. The van der Waals surface area contributed by atoms with Gasteiger partial charge in [-0.3, -0.25) is 10.2 Å². The number of ether oxygens (including phenoxy) is 3. The summed E-state index contributed by atoms with van der Waals surface area (Å²) in [7, 11) is 0. The number of carboxylic acid groups (broad SMARTS) is 2. The maximum absolute atomic E-state index is 11.3. The minimum atomic E-state index is -1.76. The Hall–Kier alpha value is -2.16. The van der Waals surface area contributed by atoms with Gasteiger partial charge in [0.2, 0.25) is 5.90 Å². The molecule has 0 aromatic carbocycles. The first kappa shape index (κ1) is 14.9. The van der Waals surface area contributed by atoms with Crippen molar-refractivity contribution in [3.8, 4) is 0 Å². The molecule has 1 heterocycles. The number of hydrogen-bond acceptors (Lipinski definition) is 7. The van der Waals surface area contributed by atoms with Gasteiger partial charge in [-0.15, -0.1) is 0 Å². The van der Waals surface area contributed by atoms with Gasteiger partial charge < -0.3 is 24.4 Å². The van der Waals surface area contributed by atoms with Crippen LogP contribution in [-0.4, -0.2) is 47.1 Å². The standard InChI is InChI=1S/C10H13NO8/c11-8(19-10(15)16)5(6-2-1-3-17-6)4-7(12)18-9(13)14/h5-6,11H,1-4H2,(H,13,14)(H,15,16)/t5-,6?/m1/s1. The first-order chi connectivity index (χ1) is 8.90. The molecule has 1 fully saturated rings. The van der Waals surface area contributed by atoms with Crippen LogP contribution in [-0.2, 0) is 19.0 Å². The van der Waals surface area contributed by atoms with Crippen molar-refractivity contribution in [3.63, 3.8) is 0 Å². The third kappa shape index (κ3) is 4.92. The minimum Gasteiger partial charge on any atom is -0.449 e. The molecule has 1 rings (SSSR count). The molecule has 19 heavy (non-hydrogen) atoms. The van der Waals surface area contributed by atoms with Gasteiger partial charge in [0.05, 0.1) is 18.4 Å². The highest BCUT2D eigenvalue weighted by Gasteiger charge is 2.34. The molecule has 1 aliphatic rings. The Labute approximate surface area is 107 Å². The van der Waals surface area contributed by atoms with Crippen LogP contribution in [0.3, 0.4) is 0 Å². The van der Waals surface area contributed by atoms with Crippen molar-refractivity contribution in [1.29, 1.82) is 5.41 Å². The number of carbonyl (C=O) groups excluding carboxylic acids is 1. The molecule has 0 aromatic heterocycles. The fourth-order valence-corrected chi connectivity index (χ4v) is 1.80. The van der Waals surface area contributed by atoms with Crippen molar-refractivity contribution in [1.82, 2.24) is 0 Å². The van der Waals surface area contributed by atoms with Gasteiger partial charge >= 0.3 is 18.3 Å². The number of esters is 1. The van der Waals surface area contributed by atoms with Gasteiger partial charge in [0, 0.05) is 6.61 Å². The molecule has 9 heteroatoms. The lowest BCUT2D eigenvalue weighted by atomic mass is 9.96. The maximum atomic E-state index is 11.3.